The minimum absolute atomic E-state index is 0.117. The summed E-state index contributed by atoms with van der Waals surface area (Å²) < 4.78 is 5.69. The van der Waals surface area contributed by atoms with Crippen molar-refractivity contribution < 1.29 is 14.6 Å². The molecule has 0 spiro atoms. The van der Waals surface area contributed by atoms with E-state index < -0.39 is 0 Å². The lowest BCUT2D eigenvalue weighted by molar-refractivity contribution is -0.0137. The molecule has 2 aromatic carbocycles. The van der Waals surface area contributed by atoms with Crippen molar-refractivity contribution in [3.63, 3.8) is 0 Å². The van der Waals surface area contributed by atoms with Gasteiger partial charge in [0.15, 0.2) is 0 Å². The van der Waals surface area contributed by atoms with Gasteiger partial charge >= 0.3 is 6.09 Å². The zero-order valence-electron chi connectivity index (χ0n) is 16.1. The standard InChI is InChI=1S/C24H27NO3/c26-19-10-9-18-14-22-20-8-4-5-11-24(20,21(18)15-19)12-13-25(22)23(27)28-16-17-6-2-1-3-7-17/h1-3,6-7,9-10,15,20,22,26H,4-5,8,11-14,16H2/t20?,22?,24-/m0/s1. The largest absolute Gasteiger partial charge is 0.508 e. The Morgan fingerprint density at radius 1 is 1.14 bits per heavy atom. The number of amides is 1. The Balaban J connectivity index is 1.42. The topological polar surface area (TPSA) is 49.8 Å². The Morgan fingerprint density at radius 3 is 2.86 bits per heavy atom. The van der Waals surface area contributed by atoms with Crippen LogP contribution in [0.3, 0.4) is 0 Å². The number of carbonyl (C=O) groups excluding carboxylic acids is 1. The predicted octanol–water partition coefficient (Wildman–Crippen LogP) is 4.79. The minimum atomic E-state index is -0.185. The minimum Gasteiger partial charge on any atom is -0.508 e. The van der Waals surface area contributed by atoms with Crippen molar-refractivity contribution in [3.05, 3.63) is 65.2 Å². The number of hydrogen-bond donors (Lipinski definition) is 1. The van der Waals surface area contributed by atoms with Gasteiger partial charge in [-0.2, -0.15) is 0 Å². The lowest BCUT2D eigenvalue weighted by Gasteiger charge is -2.58. The molecule has 1 saturated heterocycles. The zero-order valence-corrected chi connectivity index (χ0v) is 16.1. The Bertz CT molecular complexity index is 881. The fourth-order valence-electron chi connectivity index (χ4n) is 6.02. The summed E-state index contributed by atoms with van der Waals surface area (Å²) in [6.45, 7) is 1.06. The van der Waals surface area contributed by atoms with E-state index in [2.05, 4.69) is 6.07 Å². The maximum atomic E-state index is 13.0. The molecule has 2 fully saturated rings. The van der Waals surface area contributed by atoms with Crippen LogP contribution in [0.1, 0.15) is 48.8 Å². The Hall–Kier alpha value is -2.49. The predicted molar refractivity (Wildman–Crippen MR) is 107 cm³/mol. The van der Waals surface area contributed by atoms with E-state index in [-0.39, 0.29) is 17.6 Å². The van der Waals surface area contributed by atoms with E-state index in [0.29, 0.717) is 18.3 Å². The van der Waals surface area contributed by atoms with Gasteiger partial charge in [0.1, 0.15) is 12.4 Å². The number of phenolic OH excluding ortho intramolecular Hbond substituents is 1. The summed E-state index contributed by atoms with van der Waals surface area (Å²) in [4.78, 5) is 15.0. The molecule has 3 atom stereocenters. The number of ether oxygens (including phenoxy) is 1. The molecule has 2 aromatic rings. The summed E-state index contributed by atoms with van der Waals surface area (Å²) in [6.07, 6.45) is 6.42. The van der Waals surface area contributed by atoms with E-state index in [4.69, 9.17) is 4.74 Å². The van der Waals surface area contributed by atoms with Gasteiger partial charge in [-0.1, -0.05) is 49.2 Å². The number of hydrogen-bond acceptors (Lipinski definition) is 3. The van der Waals surface area contributed by atoms with Crippen LogP contribution in [-0.2, 0) is 23.2 Å². The van der Waals surface area contributed by atoms with Gasteiger partial charge in [0.05, 0.1) is 0 Å². The number of aromatic hydroxyl groups is 1. The molecular formula is C24H27NO3. The molecule has 4 heteroatoms. The van der Waals surface area contributed by atoms with Gasteiger partial charge in [0.25, 0.3) is 0 Å². The van der Waals surface area contributed by atoms with Crippen molar-refractivity contribution in [2.75, 3.05) is 6.54 Å². The zero-order chi connectivity index (χ0) is 19.1. The molecule has 2 bridgehead atoms. The van der Waals surface area contributed by atoms with Gasteiger partial charge in [-0.05, 0) is 60.4 Å². The van der Waals surface area contributed by atoms with Gasteiger partial charge in [-0.3, -0.25) is 0 Å². The van der Waals surface area contributed by atoms with Crippen LogP contribution in [0.4, 0.5) is 4.79 Å². The molecular weight excluding hydrogens is 350 g/mol. The fourth-order valence-corrected chi connectivity index (χ4v) is 6.02. The molecule has 1 amide bonds. The van der Waals surface area contributed by atoms with Crippen LogP contribution in [0.5, 0.6) is 5.75 Å². The number of benzene rings is 2. The molecule has 1 saturated carbocycles. The van der Waals surface area contributed by atoms with Crippen molar-refractivity contribution in [3.8, 4) is 5.75 Å². The van der Waals surface area contributed by atoms with E-state index in [1.807, 2.05) is 41.3 Å². The van der Waals surface area contributed by atoms with Crippen LogP contribution in [0.15, 0.2) is 48.5 Å². The normalized spacial score (nSPS) is 28.2. The van der Waals surface area contributed by atoms with Crippen molar-refractivity contribution in [2.45, 2.75) is 56.6 Å². The third-order valence-electron chi connectivity index (χ3n) is 7.26. The van der Waals surface area contributed by atoms with E-state index in [0.717, 1.165) is 37.8 Å². The molecule has 5 rings (SSSR count). The van der Waals surface area contributed by atoms with Gasteiger partial charge in [0, 0.05) is 18.0 Å². The maximum absolute atomic E-state index is 13.0. The van der Waals surface area contributed by atoms with E-state index >= 15 is 0 Å². The number of rotatable bonds is 2. The Morgan fingerprint density at radius 2 is 2.00 bits per heavy atom. The second kappa shape index (κ2) is 6.84. The van der Waals surface area contributed by atoms with E-state index in [1.165, 1.54) is 24.0 Å². The number of likely N-dealkylation sites (tertiary alicyclic amines) is 1. The number of fused-ring (bicyclic) bond motifs is 1. The summed E-state index contributed by atoms with van der Waals surface area (Å²) in [7, 11) is 0. The average Bonchev–Trinajstić information content (AvgIpc) is 2.73. The van der Waals surface area contributed by atoms with Crippen molar-refractivity contribution >= 4 is 6.09 Å². The van der Waals surface area contributed by atoms with E-state index in [9.17, 15) is 9.90 Å². The second-order valence-electron chi connectivity index (χ2n) is 8.60. The van der Waals surface area contributed by atoms with Crippen LogP contribution in [0.25, 0.3) is 0 Å². The van der Waals surface area contributed by atoms with Crippen LogP contribution in [0, 0.1) is 5.92 Å². The number of nitrogens with zero attached hydrogens (tertiary/aromatic N) is 1. The number of piperidine rings is 1. The molecule has 0 aromatic heterocycles. The van der Waals surface area contributed by atoms with Crippen LogP contribution < -0.4 is 0 Å². The van der Waals surface area contributed by atoms with Gasteiger partial charge < -0.3 is 14.7 Å². The van der Waals surface area contributed by atoms with Crippen LogP contribution in [0.2, 0.25) is 0 Å². The summed E-state index contributed by atoms with van der Waals surface area (Å²) in [5.74, 6) is 0.828. The van der Waals surface area contributed by atoms with Crippen molar-refractivity contribution in [1.29, 1.82) is 0 Å². The molecule has 2 unspecified atom stereocenters. The molecule has 4 nitrogen and oxygen atoms in total. The first-order valence-corrected chi connectivity index (χ1v) is 10.5. The first-order chi connectivity index (χ1) is 13.7. The third-order valence-corrected chi connectivity index (χ3v) is 7.26. The first kappa shape index (κ1) is 17.6. The highest BCUT2D eigenvalue weighted by Crippen LogP contribution is 2.56. The van der Waals surface area contributed by atoms with Crippen LogP contribution >= 0.6 is 0 Å². The fraction of sp³-hybridized carbons (Fsp3) is 0.458. The van der Waals surface area contributed by atoms with E-state index in [1.54, 1.807) is 6.07 Å². The summed E-state index contributed by atoms with van der Waals surface area (Å²) in [6, 6.07) is 15.9. The summed E-state index contributed by atoms with van der Waals surface area (Å²) >= 11 is 0. The lowest BCUT2D eigenvalue weighted by atomic mass is 9.52. The number of carbonyl (C=O) groups is 1. The molecule has 3 aliphatic rings. The highest BCUT2D eigenvalue weighted by molar-refractivity contribution is 5.69. The van der Waals surface area contributed by atoms with Gasteiger partial charge in [-0.25, -0.2) is 4.79 Å². The monoisotopic (exact) mass is 377 g/mol. The van der Waals surface area contributed by atoms with Crippen LogP contribution in [-0.4, -0.2) is 28.7 Å². The van der Waals surface area contributed by atoms with Gasteiger partial charge in [-0.15, -0.1) is 0 Å². The molecule has 2 aliphatic carbocycles. The van der Waals surface area contributed by atoms with Crippen molar-refractivity contribution in [1.82, 2.24) is 4.90 Å². The molecule has 1 aliphatic heterocycles. The van der Waals surface area contributed by atoms with Crippen molar-refractivity contribution in [2.24, 2.45) is 5.92 Å². The average molecular weight is 377 g/mol. The third kappa shape index (κ3) is 2.78. The molecule has 1 N–H and O–H groups in total. The highest BCUT2D eigenvalue weighted by Gasteiger charge is 2.55. The lowest BCUT2D eigenvalue weighted by Crippen LogP contribution is -2.62. The molecule has 28 heavy (non-hydrogen) atoms. The quantitative estimate of drug-likeness (QED) is 0.819. The first-order valence-electron chi connectivity index (χ1n) is 10.5. The molecule has 1 heterocycles. The highest BCUT2D eigenvalue weighted by atomic mass is 16.6. The second-order valence-corrected chi connectivity index (χ2v) is 8.60. The summed E-state index contributed by atoms with van der Waals surface area (Å²) in [5, 5.41) is 10.1. The maximum Gasteiger partial charge on any atom is 0.410 e. The summed E-state index contributed by atoms with van der Waals surface area (Å²) in [5.41, 5.74) is 3.77. The van der Waals surface area contributed by atoms with Gasteiger partial charge in [0.2, 0.25) is 0 Å². The smallest absolute Gasteiger partial charge is 0.410 e. The molecule has 0 radical (unpaired) electrons. The molecule has 146 valence electrons. The Kier molecular flexibility index (Phi) is 4.30. The Labute approximate surface area is 166 Å². The SMILES string of the molecule is O=C(OCc1ccccc1)N1CC[C@@]23CCCCC2C1Cc1ccc(O)cc13. The number of phenols is 1.